The second-order valence-corrected chi connectivity index (χ2v) is 3.91. The molecule has 0 amide bonds. The van der Waals surface area contributed by atoms with Gasteiger partial charge in [-0.05, 0) is 49.5 Å². The van der Waals surface area contributed by atoms with E-state index in [0.29, 0.717) is 0 Å². The van der Waals surface area contributed by atoms with Crippen molar-refractivity contribution < 1.29 is 4.74 Å². The molecule has 0 radical (unpaired) electrons. The summed E-state index contributed by atoms with van der Waals surface area (Å²) in [5.41, 5.74) is 1.41. The first-order chi connectivity index (χ1) is 6.88. The molecule has 0 bridgehead atoms. The van der Waals surface area contributed by atoms with Gasteiger partial charge >= 0.3 is 0 Å². The van der Waals surface area contributed by atoms with Gasteiger partial charge in [0.25, 0.3) is 0 Å². The number of ether oxygens (including phenoxy) is 1. The molecular weight excluding hydrogens is 174 g/mol. The van der Waals surface area contributed by atoms with E-state index < -0.39 is 0 Å². The minimum Gasteiger partial charge on any atom is -0.497 e. The third kappa shape index (κ3) is 2.26. The number of methoxy groups -OCH3 is 1. The second kappa shape index (κ2) is 4.47. The molecular formula is C12H17NO. The predicted molar refractivity (Wildman–Crippen MR) is 57.7 cm³/mol. The molecule has 1 aliphatic heterocycles. The minimum absolute atomic E-state index is 0.900. The Morgan fingerprint density at radius 3 is 2.50 bits per heavy atom. The molecule has 1 heterocycles. The largest absolute Gasteiger partial charge is 0.497 e. The molecule has 2 rings (SSSR count). The monoisotopic (exact) mass is 191 g/mol. The fourth-order valence-corrected chi connectivity index (χ4v) is 1.72. The van der Waals surface area contributed by atoms with Crippen molar-refractivity contribution in [3.63, 3.8) is 0 Å². The SMILES string of the molecule is COc1ccc(CCC2CNC2)cc1. The van der Waals surface area contributed by atoms with Crippen molar-refractivity contribution in [3.05, 3.63) is 29.8 Å². The van der Waals surface area contributed by atoms with Gasteiger partial charge in [-0.1, -0.05) is 12.1 Å². The lowest BCUT2D eigenvalue weighted by Gasteiger charge is -2.26. The van der Waals surface area contributed by atoms with Gasteiger partial charge in [0, 0.05) is 0 Å². The number of benzene rings is 1. The van der Waals surface area contributed by atoms with Gasteiger partial charge in [0.1, 0.15) is 5.75 Å². The predicted octanol–water partition coefficient (Wildman–Crippen LogP) is 1.85. The van der Waals surface area contributed by atoms with Gasteiger partial charge in [-0.25, -0.2) is 0 Å². The number of hydrogen-bond acceptors (Lipinski definition) is 2. The average Bonchev–Trinajstić information content (AvgIpc) is 2.16. The highest BCUT2D eigenvalue weighted by atomic mass is 16.5. The van der Waals surface area contributed by atoms with Crippen molar-refractivity contribution in [2.75, 3.05) is 20.2 Å². The Morgan fingerprint density at radius 1 is 1.29 bits per heavy atom. The van der Waals surface area contributed by atoms with E-state index in [-0.39, 0.29) is 0 Å². The van der Waals surface area contributed by atoms with E-state index in [2.05, 4.69) is 17.4 Å². The summed E-state index contributed by atoms with van der Waals surface area (Å²) in [5, 5.41) is 3.30. The summed E-state index contributed by atoms with van der Waals surface area (Å²) in [5.74, 6) is 1.84. The summed E-state index contributed by atoms with van der Waals surface area (Å²) in [6.07, 6.45) is 2.50. The highest BCUT2D eigenvalue weighted by Gasteiger charge is 2.15. The molecule has 2 nitrogen and oxygen atoms in total. The number of nitrogens with one attached hydrogen (secondary N) is 1. The molecule has 2 heteroatoms. The zero-order valence-electron chi connectivity index (χ0n) is 8.62. The Hall–Kier alpha value is -1.02. The highest BCUT2D eigenvalue weighted by Crippen LogP contribution is 2.16. The van der Waals surface area contributed by atoms with Crippen molar-refractivity contribution in [2.24, 2.45) is 5.92 Å². The summed E-state index contributed by atoms with van der Waals surface area (Å²) >= 11 is 0. The standard InChI is InChI=1S/C12H17NO/c1-14-12-6-4-10(5-7-12)2-3-11-8-13-9-11/h4-7,11,13H,2-3,8-9H2,1H3. The van der Waals surface area contributed by atoms with Crippen LogP contribution >= 0.6 is 0 Å². The fourth-order valence-electron chi connectivity index (χ4n) is 1.72. The Bertz CT molecular complexity index is 277. The van der Waals surface area contributed by atoms with Crippen LogP contribution in [0.25, 0.3) is 0 Å². The van der Waals surface area contributed by atoms with Crippen molar-refractivity contribution in [1.82, 2.24) is 5.32 Å². The van der Waals surface area contributed by atoms with Crippen LogP contribution < -0.4 is 10.1 Å². The molecule has 1 saturated heterocycles. The first-order valence-corrected chi connectivity index (χ1v) is 5.22. The second-order valence-electron chi connectivity index (χ2n) is 3.91. The third-order valence-electron chi connectivity index (χ3n) is 2.87. The summed E-state index contributed by atoms with van der Waals surface area (Å²) in [6, 6.07) is 8.39. The van der Waals surface area contributed by atoms with Gasteiger partial charge in [-0.3, -0.25) is 0 Å². The molecule has 0 aliphatic carbocycles. The fraction of sp³-hybridized carbons (Fsp3) is 0.500. The van der Waals surface area contributed by atoms with Gasteiger partial charge in [-0.2, -0.15) is 0 Å². The molecule has 1 fully saturated rings. The Kier molecular flexibility index (Phi) is 3.04. The van der Waals surface area contributed by atoms with Crippen LogP contribution in [0.5, 0.6) is 5.75 Å². The van der Waals surface area contributed by atoms with Crippen LogP contribution in [0.15, 0.2) is 24.3 Å². The number of hydrogen-bond donors (Lipinski definition) is 1. The smallest absolute Gasteiger partial charge is 0.118 e. The molecule has 0 atom stereocenters. The number of rotatable bonds is 4. The number of aryl methyl sites for hydroxylation is 1. The van der Waals surface area contributed by atoms with Crippen LogP contribution in [-0.2, 0) is 6.42 Å². The van der Waals surface area contributed by atoms with Gasteiger partial charge in [0.15, 0.2) is 0 Å². The van der Waals surface area contributed by atoms with Gasteiger partial charge < -0.3 is 10.1 Å². The molecule has 76 valence electrons. The van der Waals surface area contributed by atoms with Gasteiger partial charge in [0.2, 0.25) is 0 Å². The highest BCUT2D eigenvalue weighted by molar-refractivity contribution is 5.27. The molecule has 0 saturated carbocycles. The van der Waals surface area contributed by atoms with E-state index in [4.69, 9.17) is 4.74 Å². The van der Waals surface area contributed by atoms with Crippen LogP contribution in [-0.4, -0.2) is 20.2 Å². The normalized spacial score (nSPS) is 16.4. The lowest BCUT2D eigenvalue weighted by molar-refractivity contribution is 0.328. The summed E-state index contributed by atoms with van der Waals surface area (Å²) in [6.45, 7) is 2.41. The molecule has 1 aliphatic rings. The minimum atomic E-state index is 0.900. The summed E-state index contributed by atoms with van der Waals surface area (Å²) in [4.78, 5) is 0. The molecule has 1 N–H and O–H groups in total. The van der Waals surface area contributed by atoms with E-state index in [9.17, 15) is 0 Å². The van der Waals surface area contributed by atoms with E-state index in [1.54, 1.807) is 7.11 Å². The van der Waals surface area contributed by atoms with Gasteiger partial charge in [0.05, 0.1) is 7.11 Å². The Balaban J connectivity index is 1.83. The van der Waals surface area contributed by atoms with E-state index >= 15 is 0 Å². The van der Waals surface area contributed by atoms with Gasteiger partial charge in [-0.15, -0.1) is 0 Å². The maximum absolute atomic E-state index is 5.12. The molecule has 0 aromatic heterocycles. The quantitative estimate of drug-likeness (QED) is 0.784. The van der Waals surface area contributed by atoms with Crippen molar-refractivity contribution in [1.29, 1.82) is 0 Å². The maximum Gasteiger partial charge on any atom is 0.118 e. The summed E-state index contributed by atoms with van der Waals surface area (Å²) < 4.78 is 5.12. The van der Waals surface area contributed by atoms with Crippen molar-refractivity contribution in [3.8, 4) is 5.75 Å². The van der Waals surface area contributed by atoms with E-state index in [1.165, 1.54) is 31.5 Å². The van der Waals surface area contributed by atoms with Crippen LogP contribution in [0.2, 0.25) is 0 Å². The first kappa shape index (κ1) is 9.53. The average molecular weight is 191 g/mol. The molecule has 1 aromatic rings. The lowest BCUT2D eigenvalue weighted by atomic mass is 9.95. The van der Waals surface area contributed by atoms with Crippen molar-refractivity contribution >= 4 is 0 Å². The zero-order valence-corrected chi connectivity index (χ0v) is 8.62. The van der Waals surface area contributed by atoms with Crippen molar-refractivity contribution in [2.45, 2.75) is 12.8 Å². The Morgan fingerprint density at radius 2 is 2.00 bits per heavy atom. The topological polar surface area (TPSA) is 21.3 Å². The molecule has 0 unspecified atom stereocenters. The molecule has 14 heavy (non-hydrogen) atoms. The van der Waals surface area contributed by atoms with Crippen LogP contribution in [0.3, 0.4) is 0 Å². The first-order valence-electron chi connectivity index (χ1n) is 5.22. The van der Waals surface area contributed by atoms with Crippen LogP contribution in [0, 0.1) is 5.92 Å². The van der Waals surface area contributed by atoms with E-state index in [0.717, 1.165) is 11.7 Å². The summed E-state index contributed by atoms with van der Waals surface area (Å²) in [7, 11) is 1.70. The molecule has 0 spiro atoms. The Labute approximate surface area is 85.3 Å². The maximum atomic E-state index is 5.12. The van der Waals surface area contributed by atoms with Crippen LogP contribution in [0.1, 0.15) is 12.0 Å². The lowest BCUT2D eigenvalue weighted by Crippen LogP contribution is -2.42. The van der Waals surface area contributed by atoms with E-state index in [1.807, 2.05) is 12.1 Å². The zero-order chi connectivity index (χ0) is 9.80. The molecule has 1 aromatic carbocycles. The third-order valence-corrected chi connectivity index (χ3v) is 2.87. The van der Waals surface area contributed by atoms with Crippen LogP contribution in [0.4, 0.5) is 0 Å².